The number of para-hydroxylation sites is 1. The van der Waals surface area contributed by atoms with Crippen LogP contribution < -0.4 is 0 Å². The largest absolute Gasteiger partial charge is 0.309 e. The molecule has 0 spiro atoms. The van der Waals surface area contributed by atoms with Crippen LogP contribution in [-0.4, -0.2) is 14.5 Å². The third-order valence-electron chi connectivity index (χ3n) is 8.40. The van der Waals surface area contributed by atoms with Crippen molar-refractivity contribution in [3.63, 3.8) is 0 Å². The second-order valence-corrected chi connectivity index (χ2v) is 12.1. The molecular weight excluding hydrogens is 555 g/mol. The molecule has 9 aromatic rings. The fourth-order valence-electron chi connectivity index (χ4n) is 6.43. The molecule has 0 amide bonds. The molecule has 0 unspecified atom stereocenters. The second-order valence-electron chi connectivity index (χ2n) is 11.0. The van der Waals surface area contributed by atoms with E-state index in [1.165, 1.54) is 42.0 Å². The van der Waals surface area contributed by atoms with E-state index in [0.717, 1.165) is 33.8 Å². The van der Waals surface area contributed by atoms with Crippen molar-refractivity contribution in [3.05, 3.63) is 152 Å². The Balaban J connectivity index is 1.28. The first-order chi connectivity index (χ1) is 21.8. The highest BCUT2D eigenvalue weighted by molar-refractivity contribution is 7.26. The molecule has 0 fully saturated rings. The van der Waals surface area contributed by atoms with Gasteiger partial charge in [0, 0.05) is 53.3 Å². The summed E-state index contributed by atoms with van der Waals surface area (Å²) in [5.41, 5.74) is 8.40. The van der Waals surface area contributed by atoms with Gasteiger partial charge in [0.2, 0.25) is 0 Å². The van der Waals surface area contributed by atoms with Gasteiger partial charge in [-0.2, -0.15) is 0 Å². The number of thiophene rings is 1. The number of hydrogen-bond donors (Lipinski definition) is 0. The van der Waals surface area contributed by atoms with Gasteiger partial charge in [-0.05, 0) is 42.5 Å². The molecule has 0 aliphatic carbocycles. The molecule has 0 bridgehead atoms. The normalized spacial score (nSPS) is 11.6. The van der Waals surface area contributed by atoms with Crippen LogP contribution in [0.2, 0.25) is 0 Å². The highest BCUT2D eigenvalue weighted by atomic mass is 32.1. The minimum atomic E-state index is 0.707. The molecule has 6 aromatic carbocycles. The van der Waals surface area contributed by atoms with Crippen LogP contribution in [0.1, 0.15) is 0 Å². The summed E-state index contributed by atoms with van der Waals surface area (Å²) in [5, 5.41) is 5.21. The molecule has 0 aliphatic heterocycles. The number of rotatable bonds is 4. The minimum Gasteiger partial charge on any atom is -0.309 e. The molecule has 3 heterocycles. The number of hydrogen-bond acceptors (Lipinski definition) is 3. The second kappa shape index (κ2) is 10.0. The van der Waals surface area contributed by atoms with Crippen LogP contribution in [0.5, 0.6) is 0 Å². The van der Waals surface area contributed by atoms with Gasteiger partial charge in [-0.25, -0.2) is 9.97 Å². The van der Waals surface area contributed by atoms with Crippen molar-refractivity contribution in [2.45, 2.75) is 0 Å². The van der Waals surface area contributed by atoms with Crippen molar-refractivity contribution in [3.8, 4) is 39.6 Å². The van der Waals surface area contributed by atoms with Crippen molar-refractivity contribution >= 4 is 53.3 Å². The zero-order valence-corrected chi connectivity index (χ0v) is 24.5. The maximum atomic E-state index is 5.10. The summed E-state index contributed by atoms with van der Waals surface area (Å²) in [6, 6.07) is 53.4. The fraction of sp³-hybridized carbons (Fsp3) is 0. The number of nitrogens with zero attached hydrogens (tertiary/aromatic N) is 3. The molecule has 0 N–H and O–H groups in total. The van der Waals surface area contributed by atoms with E-state index >= 15 is 0 Å². The number of aromatic nitrogens is 3. The first-order valence-electron chi connectivity index (χ1n) is 14.8. The van der Waals surface area contributed by atoms with Gasteiger partial charge in [-0.3, -0.25) is 0 Å². The van der Waals surface area contributed by atoms with Crippen molar-refractivity contribution in [1.29, 1.82) is 0 Å². The van der Waals surface area contributed by atoms with E-state index in [1.807, 2.05) is 23.5 Å². The zero-order chi connectivity index (χ0) is 29.0. The summed E-state index contributed by atoms with van der Waals surface area (Å²) < 4.78 is 5.02. The molecule has 0 saturated carbocycles. The van der Waals surface area contributed by atoms with Crippen LogP contribution in [0.4, 0.5) is 0 Å². The van der Waals surface area contributed by atoms with Crippen molar-refractivity contribution < 1.29 is 0 Å². The molecule has 44 heavy (non-hydrogen) atoms. The fourth-order valence-corrected chi connectivity index (χ4v) is 7.54. The van der Waals surface area contributed by atoms with Crippen molar-refractivity contribution in [1.82, 2.24) is 14.5 Å². The Morgan fingerprint density at radius 3 is 1.82 bits per heavy atom. The standard InChI is InChI=1S/C40H25N3S/c1-3-12-26(13-4-1)32-25-33(27-14-5-2-6-15-27)42-40(41-32)28-16-11-17-29(24-28)43-34-20-9-7-18-30(34)38-35(43)22-23-37-39(38)31-19-8-10-21-36(31)44-37/h1-25H. The van der Waals surface area contributed by atoms with E-state index in [4.69, 9.17) is 9.97 Å². The van der Waals surface area contributed by atoms with Gasteiger partial charge in [0.25, 0.3) is 0 Å². The smallest absolute Gasteiger partial charge is 0.160 e. The van der Waals surface area contributed by atoms with E-state index in [2.05, 4.69) is 144 Å². The van der Waals surface area contributed by atoms with Gasteiger partial charge in [0.05, 0.1) is 22.4 Å². The highest BCUT2D eigenvalue weighted by Crippen LogP contribution is 2.43. The molecule has 0 atom stereocenters. The lowest BCUT2D eigenvalue weighted by Gasteiger charge is -2.12. The van der Waals surface area contributed by atoms with Crippen LogP contribution in [0, 0.1) is 0 Å². The lowest BCUT2D eigenvalue weighted by atomic mass is 10.1. The van der Waals surface area contributed by atoms with E-state index in [1.54, 1.807) is 0 Å². The number of benzene rings is 6. The molecule has 0 saturated heterocycles. The van der Waals surface area contributed by atoms with Gasteiger partial charge in [-0.15, -0.1) is 11.3 Å². The van der Waals surface area contributed by atoms with Crippen molar-refractivity contribution in [2.75, 3.05) is 0 Å². The molecule has 3 nitrogen and oxygen atoms in total. The van der Waals surface area contributed by atoms with Gasteiger partial charge in [-0.1, -0.05) is 109 Å². The van der Waals surface area contributed by atoms with Crippen LogP contribution in [0.15, 0.2) is 152 Å². The predicted molar refractivity (Wildman–Crippen MR) is 186 cm³/mol. The Labute approximate surface area is 258 Å². The zero-order valence-electron chi connectivity index (χ0n) is 23.7. The predicted octanol–water partition coefficient (Wildman–Crippen LogP) is 10.9. The first kappa shape index (κ1) is 25.0. The van der Waals surface area contributed by atoms with E-state index in [0.29, 0.717) is 5.82 Å². The Morgan fingerprint density at radius 2 is 1.07 bits per heavy atom. The summed E-state index contributed by atoms with van der Waals surface area (Å²) in [5.74, 6) is 0.707. The van der Waals surface area contributed by atoms with Gasteiger partial charge >= 0.3 is 0 Å². The Morgan fingerprint density at radius 1 is 0.432 bits per heavy atom. The van der Waals surface area contributed by atoms with Crippen LogP contribution in [0.3, 0.4) is 0 Å². The van der Waals surface area contributed by atoms with Gasteiger partial charge < -0.3 is 4.57 Å². The van der Waals surface area contributed by atoms with Crippen molar-refractivity contribution in [2.24, 2.45) is 0 Å². The number of fused-ring (bicyclic) bond motifs is 7. The van der Waals surface area contributed by atoms with Gasteiger partial charge in [0.1, 0.15) is 0 Å². The van der Waals surface area contributed by atoms with E-state index < -0.39 is 0 Å². The minimum absolute atomic E-state index is 0.707. The van der Waals surface area contributed by atoms with Crippen LogP contribution in [0.25, 0.3) is 81.6 Å². The third-order valence-corrected chi connectivity index (χ3v) is 9.54. The monoisotopic (exact) mass is 579 g/mol. The average molecular weight is 580 g/mol. The van der Waals surface area contributed by atoms with Crippen LogP contribution >= 0.6 is 11.3 Å². The summed E-state index contributed by atoms with van der Waals surface area (Å²) in [7, 11) is 0. The highest BCUT2D eigenvalue weighted by Gasteiger charge is 2.18. The SMILES string of the molecule is c1ccc(-c2cc(-c3ccccc3)nc(-c3cccc(-n4c5ccccc5c5c6c(ccc54)sc4ccccc46)c3)n2)cc1. The molecule has 0 aliphatic rings. The van der Waals surface area contributed by atoms with Crippen LogP contribution in [-0.2, 0) is 0 Å². The Hall–Kier alpha value is -5.58. The molecular formula is C40H25N3S. The van der Waals surface area contributed by atoms with E-state index in [-0.39, 0.29) is 0 Å². The topological polar surface area (TPSA) is 30.7 Å². The average Bonchev–Trinajstić information content (AvgIpc) is 3.64. The van der Waals surface area contributed by atoms with E-state index in [9.17, 15) is 0 Å². The summed E-state index contributed by atoms with van der Waals surface area (Å²) >= 11 is 1.86. The Bertz CT molecular complexity index is 2430. The molecule has 3 aromatic heterocycles. The lowest BCUT2D eigenvalue weighted by molar-refractivity contribution is 1.16. The summed E-state index contributed by atoms with van der Waals surface area (Å²) in [4.78, 5) is 10.2. The molecule has 206 valence electrons. The molecule has 9 rings (SSSR count). The summed E-state index contributed by atoms with van der Waals surface area (Å²) in [6.07, 6.45) is 0. The molecule has 4 heteroatoms. The lowest BCUT2D eigenvalue weighted by Crippen LogP contribution is -1.98. The quantitative estimate of drug-likeness (QED) is 0.208. The molecule has 0 radical (unpaired) electrons. The third kappa shape index (κ3) is 3.96. The maximum Gasteiger partial charge on any atom is 0.160 e. The first-order valence-corrected chi connectivity index (χ1v) is 15.6. The Kier molecular flexibility index (Phi) is 5.68. The summed E-state index contributed by atoms with van der Waals surface area (Å²) in [6.45, 7) is 0. The van der Waals surface area contributed by atoms with Gasteiger partial charge in [0.15, 0.2) is 5.82 Å². The maximum absolute atomic E-state index is 5.10.